The van der Waals surface area contributed by atoms with Gasteiger partial charge in [-0.15, -0.1) is 0 Å². The molecule has 0 aliphatic carbocycles. The largest absolute Gasteiger partial charge is 0.480 e. The molecule has 0 aromatic rings. The molecular weight excluding hydrogens is 192 g/mol. The molecule has 4 heteroatoms. The van der Waals surface area contributed by atoms with Crippen LogP contribution in [0.4, 0.5) is 0 Å². The number of rotatable bonds is 2. The lowest BCUT2D eigenvalue weighted by atomic mass is 9.96. The van der Waals surface area contributed by atoms with Gasteiger partial charge in [0.15, 0.2) is 0 Å². The van der Waals surface area contributed by atoms with Crippen molar-refractivity contribution in [2.45, 2.75) is 44.2 Å². The van der Waals surface area contributed by atoms with Gasteiger partial charge in [0.1, 0.15) is 6.04 Å². The molecule has 0 aromatic heterocycles. The van der Waals surface area contributed by atoms with Crippen LogP contribution >= 0.6 is 0 Å². The average molecular weight is 212 g/mol. The molecule has 4 nitrogen and oxygen atoms in total. The summed E-state index contributed by atoms with van der Waals surface area (Å²) in [7, 11) is 0. The smallest absolute Gasteiger partial charge is 0.320 e. The van der Waals surface area contributed by atoms with Crippen molar-refractivity contribution < 1.29 is 9.90 Å². The molecule has 2 saturated heterocycles. The van der Waals surface area contributed by atoms with Crippen LogP contribution in [-0.2, 0) is 4.79 Å². The third-order valence-corrected chi connectivity index (χ3v) is 3.61. The van der Waals surface area contributed by atoms with Crippen molar-refractivity contribution in [3.05, 3.63) is 0 Å². The molecule has 15 heavy (non-hydrogen) atoms. The maximum Gasteiger partial charge on any atom is 0.320 e. The first-order valence-corrected chi connectivity index (χ1v) is 5.98. The molecule has 0 amide bonds. The lowest BCUT2D eigenvalue weighted by Gasteiger charge is -2.40. The minimum absolute atomic E-state index is 0.221. The molecule has 0 saturated carbocycles. The summed E-state index contributed by atoms with van der Waals surface area (Å²) in [6.07, 6.45) is 5.26. The summed E-state index contributed by atoms with van der Waals surface area (Å²) in [4.78, 5) is 13.4. The number of likely N-dealkylation sites (tertiary alicyclic amines) is 1. The summed E-state index contributed by atoms with van der Waals surface area (Å²) < 4.78 is 0. The van der Waals surface area contributed by atoms with Gasteiger partial charge in [0.2, 0.25) is 0 Å². The molecule has 2 heterocycles. The molecule has 2 N–H and O–H groups in total. The SMILES string of the molecule is O=C(O)C1CCCCN1C1CCNCC1. The van der Waals surface area contributed by atoms with E-state index in [0.29, 0.717) is 6.04 Å². The summed E-state index contributed by atoms with van der Waals surface area (Å²) in [6, 6.07) is 0.273. The normalized spacial score (nSPS) is 30.3. The van der Waals surface area contributed by atoms with Crippen LogP contribution in [0.25, 0.3) is 0 Å². The Kier molecular flexibility index (Phi) is 3.59. The van der Waals surface area contributed by atoms with Crippen LogP contribution in [-0.4, -0.2) is 47.7 Å². The van der Waals surface area contributed by atoms with E-state index in [0.717, 1.165) is 51.7 Å². The van der Waals surface area contributed by atoms with Gasteiger partial charge in [-0.2, -0.15) is 0 Å². The maximum absolute atomic E-state index is 11.2. The lowest BCUT2D eigenvalue weighted by molar-refractivity contribution is -0.146. The van der Waals surface area contributed by atoms with Gasteiger partial charge in [-0.3, -0.25) is 9.69 Å². The van der Waals surface area contributed by atoms with Crippen LogP contribution in [0.3, 0.4) is 0 Å². The Labute approximate surface area is 90.6 Å². The van der Waals surface area contributed by atoms with Gasteiger partial charge >= 0.3 is 5.97 Å². The van der Waals surface area contributed by atoms with Gasteiger partial charge < -0.3 is 10.4 Å². The minimum atomic E-state index is -0.631. The number of carboxylic acids is 1. The number of nitrogens with one attached hydrogen (secondary N) is 1. The fourth-order valence-corrected chi connectivity index (χ4v) is 2.79. The number of aliphatic carboxylic acids is 1. The van der Waals surface area contributed by atoms with Crippen LogP contribution in [0.5, 0.6) is 0 Å². The van der Waals surface area contributed by atoms with Crippen LogP contribution < -0.4 is 5.32 Å². The van der Waals surface area contributed by atoms with Crippen molar-refractivity contribution in [2.24, 2.45) is 0 Å². The molecule has 2 rings (SSSR count). The van der Waals surface area contributed by atoms with Crippen LogP contribution in [0, 0.1) is 0 Å². The summed E-state index contributed by atoms with van der Waals surface area (Å²) in [5, 5.41) is 12.5. The van der Waals surface area contributed by atoms with E-state index < -0.39 is 5.97 Å². The predicted molar refractivity (Wildman–Crippen MR) is 57.9 cm³/mol. The average Bonchev–Trinajstić information content (AvgIpc) is 2.30. The van der Waals surface area contributed by atoms with E-state index in [1.165, 1.54) is 0 Å². The number of carbonyl (C=O) groups is 1. The first-order valence-electron chi connectivity index (χ1n) is 5.98. The fourth-order valence-electron chi connectivity index (χ4n) is 2.79. The Bertz CT molecular complexity index is 227. The summed E-state index contributed by atoms with van der Waals surface area (Å²) in [5.74, 6) is -0.631. The number of nitrogens with zero attached hydrogens (tertiary/aromatic N) is 1. The van der Waals surface area contributed by atoms with Gasteiger partial charge in [-0.05, 0) is 45.3 Å². The zero-order valence-electron chi connectivity index (χ0n) is 9.11. The fraction of sp³-hybridized carbons (Fsp3) is 0.909. The van der Waals surface area contributed by atoms with E-state index in [4.69, 9.17) is 0 Å². The van der Waals surface area contributed by atoms with E-state index in [1.807, 2.05) is 0 Å². The summed E-state index contributed by atoms with van der Waals surface area (Å²) >= 11 is 0. The molecule has 1 unspecified atom stereocenters. The van der Waals surface area contributed by atoms with Gasteiger partial charge in [0, 0.05) is 6.04 Å². The highest BCUT2D eigenvalue weighted by atomic mass is 16.4. The number of hydrogen-bond donors (Lipinski definition) is 2. The topological polar surface area (TPSA) is 52.6 Å². The highest BCUT2D eigenvalue weighted by Gasteiger charge is 2.33. The van der Waals surface area contributed by atoms with E-state index in [-0.39, 0.29) is 6.04 Å². The Morgan fingerprint density at radius 3 is 2.60 bits per heavy atom. The van der Waals surface area contributed by atoms with E-state index >= 15 is 0 Å². The number of piperidine rings is 2. The lowest BCUT2D eigenvalue weighted by Crippen LogP contribution is -2.53. The minimum Gasteiger partial charge on any atom is -0.480 e. The van der Waals surface area contributed by atoms with Gasteiger partial charge in [-0.1, -0.05) is 6.42 Å². The van der Waals surface area contributed by atoms with Gasteiger partial charge in [0.25, 0.3) is 0 Å². The van der Waals surface area contributed by atoms with Crippen LogP contribution in [0.1, 0.15) is 32.1 Å². The maximum atomic E-state index is 11.2. The third-order valence-electron chi connectivity index (χ3n) is 3.61. The quantitative estimate of drug-likeness (QED) is 0.706. The van der Waals surface area contributed by atoms with Crippen molar-refractivity contribution in [2.75, 3.05) is 19.6 Å². The third kappa shape index (κ3) is 2.49. The Balaban J connectivity index is 1.99. The van der Waals surface area contributed by atoms with Gasteiger partial charge in [0.05, 0.1) is 0 Å². The standard InChI is InChI=1S/C11H20N2O2/c14-11(15)10-3-1-2-8-13(10)9-4-6-12-7-5-9/h9-10,12H,1-8H2,(H,14,15). The Morgan fingerprint density at radius 1 is 1.20 bits per heavy atom. The molecule has 0 bridgehead atoms. The summed E-state index contributed by atoms with van der Waals surface area (Å²) in [6.45, 7) is 3.04. The van der Waals surface area contributed by atoms with E-state index in [9.17, 15) is 9.90 Å². The Hall–Kier alpha value is -0.610. The van der Waals surface area contributed by atoms with Crippen molar-refractivity contribution in [1.29, 1.82) is 0 Å². The van der Waals surface area contributed by atoms with Crippen LogP contribution in [0.15, 0.2) is 0 Å². The Morgan fingerprint density at radius 2 is 1.93 bits per heavy atom. The molecule has 0 spiro atoms. The van der Waals surface area contributed by atoms with Crippen molar-refractivity contribution in [3.63, 3.8) is 0 Å². The second-order valence-corrected chi connectivity index (χ2v) is 4.57. The van der Waals surface area contributed by atoms with Crippen molar-refractivity contribution in [3.8, 4) is 0 Å². The zero-order chi connectivity index (χ0) is 10.7. The predicted octanol–water partition coefficient (Wildman–Crippen LogP) is 0.677. The van der Waals surface area contributed by atoms with Gasteiger partial charge in [-0.25, -0.2) is 0 Å². The monoisotopic (exact) mass is 212 g/mol. The van der Waals surface area contributed by atoms with E-state index in [2.05, 4.69) is 10.2 Å². The second kappa shape index (κ2) is 4.94. The number of carboxylic acid groups (broad SMARTS) is 1. The van der Waals surface area contributed by atoms with Crippen molar-refractivity contribution in [1.82, 2.24) is 10.2 Å². The highest BCUT2D eigenvalue weighted by molar-refractivity contribution is 5.73. The zero-order valence-corrected chi connectivity index (χ0v) is 9.11. The summed E-state index contributed by atoms with van der Waals surface area (Å²) in [5.41, 5.74) is 0. The highest BCUT2D eigenvalue weighted by Crippen LogP contribution is 2.23. The molecule has 0 aromatic carbocycles. The molecule has 2 fully saturated rings. The molecular formula is C11H20N2O2. The molecule has 2 aliphatic heterocycles. The van der Waals surface area contributed by atoms with E-state index in [1.54, 1.807) is 0 Å². The van der Waals surface area contributed by atoms with Crippen LogP contribution in [0.2, 0.25) is 0 Å². The number of hydrogen-bond acceptors (Lipinski definition) is 3. The second-order valence-electron chi connectivity index (χ2n) is 4.57. The molecule has 0 radical (unpaired) electrons. The molecule has 2 aliphatic rings. The molecule has 1 atom stereocenters. The van der Waals surface area contributed by atoms with Crippen molar-refractivity contribution >= 4 is 5.97 Å². The first-order chi connectivity index (χ1) is 7.29. The molecule has 86 valence electrons. The first kappa shape index (κ1) is 10.9.